The van der Waals surface area contributed by atoms with Crippen LogP contribution in [-0.2, 0) is 0 Å². The fraction of sp³-hybridized carbons (Fsp3) is 0.278. The number of carbonyl (C=O) groups is 1. The molecule has 0 spiro atoms. The Labute approximate surface area is 141 Å². The third-order valence-corrected chi connectivity index (χ3v) is 3.53. The average Bonchev–Trinajstić information content (AvgIpc) is 2.59. The standard InChI is InChI=1S/C18H22N2O4/c1-12-5-4-6-13(9-12)20-18(22)19-11-16(21)15-10-14(23-2)7-8-17(15)24-3/h4-10,16,21H,11H2,1-3H3,(H2,19,20,22). The molecule has 128 valence electrons. The van der Waals surface area contributed by atoms with E-state index in [9.17, 15) is 9.90 Å². The lowest BCUT2D eigenvalue weighted by molar-refractivity contribution is 0.170. The summed E-state index contributed by atoms with van der Waals surface area (Å²) >= 11 is 0. The minimum atomic E-state index is -0.918. The third-order valence-electron chi connectivity index (χ3n) is 3.53. The van der Waals surface area contributed by atoms with Gasteiger partial charge >= 0.3 is 6.03 Å². The van der Waals surface area contributed by atoms with Crippen molar-refractivity contribution in [2.75, 3.05) is 26.1 Å². The number of hydrogen-bond acceptors (Lipinski definition) is 4. The highest BCUT2D eigenvalue weighted by molar-refractivity contribution is 5.89. The highest BCUT2D eigenvalue weighted by Crippen LogP contribution is 2.29. The molecular weight excluding hydrogens is 308 g/mol. The van der Waals surface area contributed by atoms with Crippen molar-refractivity contribution < 1.29 is 19.4 Å². The van der Waals surface area contributed by atoms with E-state index in [0.717, 1.165) is 5.56 Å². The zero-order valence-electron chi connectivity index (χ0n) is 14.0. The first-order chi connectivity index (χ1) is 11.5. The van der Waals surface area contributed by atoms with Crippen molar-refractivity contribution in [3.8, 4) is 11.5 Å². The predicted octanol–water partition coefficient (Wildman–Crippen LogP) is 2.87. The number of aliphatic hydroxyl groups excluding tert-OH is 1. The normalized spacial score (nSPS) is 11.5. The van der Waals surface area contributed by atoms with Crippen molar-refractivity contribution >= 4 is 11.7 Å². The molecule has 0 aliphatic carbocycles. The van der Waals surface area contributed by atoms with E-state index in [4.69, 9.17) is 9.47 Å². The van der Waals surface area contributed by atoms with Gasteiger partial charge in [-0.2, -0.15) is 0 Å². The zero-order valence-corrected chi connectivity index (χ0v) is 14.0. The van der Waals surface area contributed by atoms with Crippen LogP contribution in [0.25, 0.3) is 0 Å². The molecule has 2 rings (SSSR count). The Morgan fingerprint density at radius 2 is 1.96 bits per heavy atom. The van der Waals surface area contributed by atoms with E-state index in [2.05, 4.69) is 10.6 Å². The number of rotatable bonds is 6. The van der Waals surface area contributed by atoms with Gasteiger partial charge in [0.25, 0.3) is 0 Å². The van der Waals surface area contributed by atoms with Gasteiger partial charge in [0.1, 0.15) is 17.6 Å². The van der Waals surface area contributed by atoms with E-state index in [-0.39, 0.29) is 12.6 Å². The van der Waals surface area contributed by atoms with E-state index < -0.39 is 6.10 Å². The number of carbonyl (C=O) groups excluding carboxylic acids is 1. The van der Waals surface area contributed by atoms with Gasteiger partial charge in [-0.25, -0.2) is 4.79 Å². The van der Waals surface area contributed by atoms with E-state index in [1.165, 1.54) is 7.11 Å². The molecule has 0 saturated carbocycles. The molecule has 1 unspecified atom stereocenters. The first kappa shape index (κ1) is 17.6. The molecule has 0 aliphatic rings. The zero-order chi connectivity index (χ0) is 17.5. The summed E-state index contributed by atoms with van der Waals surface area (Å²) in [6, 6.07) is 12.2. The molecule has 0 aliphatic heterocycles. The van der Waals surface area contributed by atoms with E-state index in [0.29, 0.717) is 22.7 Å². The molecule has 2 aromatic rings. The molecule has 6 nitrogen and oxygen atoms in total. The molecule has 24 heavy (non-hydrogen) atoms. The average molecular weight is 330 g/mol. The molecule has 2 amide bonds. The number of benzene rings is 2. The van der Waals surface area contributed by atoms with Gasteiger partial charge in [-0.05, 0) is 42.8 Å². The molecule has 6 heteroatoms. The minimum Gasteiger partial charge on any atom is -0.497 e. The van der Waals surface area contributed by atoms with Crippen LogP contribution >= 0.6 is 0 Å². The third kappa shape index (κ3) is 4.63. The Kier molecular flexibility index (Phi) is 6.03. The van der Waals surface area contributed by atoms with Crippen LogP contribution in [0, 0.1) is 6.92 Å². The Balaban J connectivity index is 1.97. The van der Waals surface area contributed by atoms with Crippen molar-refractivity contribution in [3.63, 3.8) is 0 Å². The van der Waals surface area contributed by atoms with Gasteiger partial charge in [0.2, 0.25) is 0 Å². The second-order valence-corrected chi connectivity index (χ2v) is 5.33. The summed E-state index contributed by atoms with van der Waals surface area (Å²) in [5, 5.41) is 15.7. The van der Waals surface area contributed by atoms with Gasteiger partial charge in [-0.3, -0.25) is 0 Å². The second-order valence-electron chi connectivity index (χ2n) is 5.33. The van der Waals surface area contributed by atoms with Crippen molar-refractivity contribution in [1.29, 1.82) is 0 Å². The monoisotopic (exact) mass is 330 g/mol. The largest absolute Gasteiger partial charge is 0.497 e. The molecule has 0 saturated heterocycles. The highest BCUT2D eigenvalue weighted by atomic mass is 16.5. The van der Waals surface area contributed by atoms with E-state index in [1.54, 1.807) is 31.4 Å². The molecule has 2 aromatic carbocycles. The molecule has 0 aromatic heterocycles. The van der Waals surface area contributed by atoms with Gasteiger partial charge in [0.05, 0.1) is 14.2 Å². The van der Waals surface area contributed by atoms with E-state index in [1.807, 2.05) is 25.1 Å². The van der Waals surface area contributed by atoms with Gasteiger partial charge in [-0.1, -0.05) is 12.1 Å². The van der Waals surface area contributed by atoms with Gasteiger partial charge in [0.15, 0.2) is 0 Å². The van der Waals surface area contributed by atoms with Crippen LogP contribution < -0.4 is 20.1 Å². The molecule has 1 atom stereocenters. The number of ether oxygens (including phenoxy) is 2. The van der Waals surface area contributed by atoms with Crippen LogP contribution in [0.3, 0.4) is 0 Å². The summed E-state index contributed by atoms with van der Waals surface area (Å²) in [5.74, 6) is 1.14. The van der Waals surface area contributed by atoms with Crippen LogP contribution in [0.2, 0.25) is 0 Å². The Bertz CT molecular complexity index is 703. The SMILES string of the molecule is COc1ccc(OC)c(C(O)CNC(=O)Nc2cccc(C)c2)c1. The van der Waals surface area contributed by atoms with Crippen LogP contribution in [0.4, 0.5) is 10.5 Å². The van der Waals surface area contributed by atoms with Crippen LogP contribution in [0.1, 0.15) is 17.2 Å². The maximum absolute atomic E-state index is 11.9. The first-order valence-electron chi connectivity index (χ1n) is 7.55. The molecule has 0 heterocycles. The molecule has 0 radical (unpaired) electrons. The predicted molar refractivity (Wildman–Crippen MR) is 92.7 cm³/mol. The number of amides is 2. The van der Waals surface area contributed by atoms with Gasteiger partial charge < -0.3 is 25.2 Å². The van der Waals surface area contributed by atoms with Crippen LogP contribution in [0.5, 0.6) is 11.5 Å². The Morgan fingerprint density at radius 3 is 2.62 bits per heavy atom. The molecule has 0 fully saturated rings. The topological polar surface area (TPSA) is 79.8 Å². The summed E-state index contributed by atoms with van der Waals surface area (Å²) < 4.78 is 10.4. The first-order valence-corrected chi connectivity index (χ1v) is 7.55. The lowest BCUT2D eigenvalue weighted by atomic mass is 10.1. The van der Waals surface area contributed by atoms with E-state index >= 15 is 0 Å². The number of methoxy groups -OCH3 is 2. The Hall–Kier alpha value is -2.73. The summed E-state index contributed by atoms with van der Waals surface area (Å²) in [4.78, 5) is 11.9. The fourth-order valence-corrected chi connectivity index (χ4v) is 2.30. The molecule has 3 N–H and O–H groups in total. The van der Waals surface area contributed by atoms with Crippen molar-refractivity contribution in [3.05, 3.63) is 53.6 Å². The lowest BCUT2D eigenvalue weighted by Crippen LogP contribution is -2.32. The number of urea groups is 1. The van der Waals surface area contributed by atoms with Gasteiger partial charge in [-0.15, -0.1) is 0 Å². The van der Waals surface area contributed by atoms with Crippen molar-refractivity contribution in [2.24, 2.45) is 0 Å². The van der Waals surface area contributed by atoms with Crippen molar-refractivity contribution in [2.45, 2.75) is 13.0 Å². The van der Waals surface area contributed by atoms with Crippen molar-refractivity contribution in [1.82, 2.24) is 5.32 Å². The number of aliphatic hydroxyl groups is 1. The smallest absolute Gasteiger partial charge is 0.319 e. The summed E-state index contributed by atoms with van der Waals surface area (Å²) in [6.07, 6.45) is -0.918. The van der Waals surface area contributed by atoms with Crippen LogP contribution in [0.15, 0.2) is 42.5 Å². The molecular formula is C18H22N2O4. The quantitative estimate of drug-likeness (QED) is 0.761. The minimum absolute atomic E-state index is 0.0428. The summed E-state index contributed by atoms with van der Waals surface area (Å²) in [7, 11) is 3.07. The molecule has 0 bridgehead atoms. The highest BCUT2D eigenvalue weighted by Gasteiger charge is 2.15. The Morgan fingerprint density at radius 1 is 1.17 bits per heavy atom. The maximum atomic E-state index is 11.9. The maximum Gasteiger partial charge on any atom is 0.319 e. The lowest BCUT2D eigenvalue weighted by Gasteiger charge is -2.17. The summed E-state index contributed by atoms with van der Waals surface area (Å²) in [5.41, 5.74) is 2.29. The number of nitrogens with one attached hydrogen (secondary N) is 2. The number of hydrogen-bond donors (Lipinski definition) is 3. The van der Waals surface area contributed by atoms with Crippen LogP contribution in [-0.4, -0.2) is 31.9 Å². The number of anilines is 1. The fourth-order valence-electron chi connectivity index (χ4n) is 2.30. The number of aryl methyl sites for hydroxylation is 1. The summed E-state index contributed by atoms with van der Waals surface area (Å²) in [6.45, 7) is 1.99. The van der Waals surface area contributed by atoms with Gasteiger partial charge in [0, 0.05) is 17.8 Å². The second kappa shape index (κ2) is 8.21.